The fraction of sp³-hybridized carbons (Fsp3) is 0.0625. The zero-order valence-corrected chi connectivity index (χ0v) is 14.8. The lowest BCUT2D eigenvalue weighted by atomic mass is 10.2. The van der Waals surface area contributed by atoms with Crippen LogP contribution < -0.4 is 10.6 Å². The molecule has 8 heteroatoms. The fourth-order valence-electron chi connectivity index (χ4n) is 2.09. The summed E-state index contributed by atoms with van der Waals surface area (Å²) in [4.78, 5) is 11.1. The summed E-state index contributed by atoms with van der Waals surface area (Å²) in [5.41, 5.74) is 1.68. The first-order chi connectivity index (χ1) is 11.7. The Hall–Kier alpha value is -2.45. The Labute approximate surface area is 151 Å². The van der Waals surface area contributed by atoms with Gasteiger partial charge in [0.05, 0.1) is 23.0 Å². The van der Waals surface area contributed by atoms with Crippen molar-refractivity contribution in [2.24, 2.45) is 0 Å². The van der Waals surface area contributed by atoms with E-state index in [0.717, 1.165) is 17.3 Å². The Bertz CT molecular complexity index is 855. The molecule has 2 aromatic carbocycles. The molecule has 0 bridgehead atoms. The second kappa shape index (κ2) is 7.41. The second-order valence-electron chi connectivity index (χ2n) is 4.90. The Morgan fingerprint density at radius 3 is 2.62 bits per heavy atom. The van der Waals surface area contributed by atoms with Crippen molar-refractivity contribution >= 4 is 51.3 Å². The van der Waals surface area contributed by atoms with E-state index in [1.165, 1.54) is 0 Å². The summed E-state index contributed by atoms with van der Waals surface area (Å²) in [6, 6.07) is 13.3. The summed E-state index contributed by atoms with van der Waals surface area (Å²) in [5, 5.41) is 16.4. The van der Waals surface area contributed by atoms with Crippen molar-refractivity contribution in [1.29, 1.82) is 0 Å². The number of carbonyl (C=O) groups is 1. The number of phenolic OH excluding ortho intramolecular Hbond substituents is 1. The Balaban J connectivity index is 1.78. The number of halogens is 1. The maximum absolute atomic E-state index is 11.1. The molecule has 1 aromatic heterocycles. The first-order valence-corrected chi connectivity index (χ1v) is 8.55. The Morgan fingerprint density at radius 2 is 1.88 bits per heavy atom. The topological polar surface area (TPSA) is 87.1 Å². The first-order valence-electron chi connectivity index (χ1n) is 7.03. The highest BCUT2D eigenvalue weighted by Gasteiger charge is 2.14. The summed E-state index contributed by atoms with van der Waals surface area (Å²) in [7, 11) is 0. The molecule has 3 aromatic rings. The van der Waals surface area contributed by atoms with Crippen molar-refractivity contribution in [3.8, 4) is 5.75 Å². The van der Waals surface area contributed by atoms with Crippen molar-refractivity contribution in [1.82, 2.24) is 8.75 Å². The van der Waals surface area contributed by atoms with E-state index < -0.39 is 0 Å². The molecule has 3 rings (SSSR count). The summed E-state index contributed by atoms with van der Waals surface area (Å²) < 4.78 is 8.93. The van der Waals surface area contributed by atoms with Crippen LogP contribution in [0.1, 0.15) is 15.9 Å². The number of nitrogens with zero attached hydrogens (tertiary/aromatic N) is 2. The number of carbonyl (C=O) groups excluding carboxylic acids is 1. The lowest BCUT2D eigenvalue weighted by molar-refractivity contribution is 0.112. The van der Waals surface area contributed by atoms with Crippen molar-refractivity contribution in [3.63, 3.8) is 0 Å². The number of hydrogen-bond acceptors (Lipinski definition) is 7. The average Bonchev–Trinajstić information content (AvgIpc) is 3.04. The highest BCUT2D eigenvalue weighted by atomic mass is 79.9. The Morgan fingerprint density at radius 1 is 1.12 bits per heavy atom. The summed E-state index contributed by atoms with van der Waals surface area (Å²) >= 11 is 4.28. The molecular weight excluding hydrogens is 392 g/mol. The predicted molar refractivity (Wildman–Crippen MR) is 98.2 cm³/mol. The van der Waals surface area contributed by atoms with Crippen LogP contribution in [-0.2, 0) is 6.54 Å². The number of anilines is 3. The van der Waals surface area contributed by atoms with E-state index in [2.05, 4.69) is 35.3 Å². The van der Waals surface area contributed by atoms with Crippen LogP contribution in [0.5, 0.6) is 5.75 Å². The Kier molecular flexibility index (Phi) is 5.07. The van der Waals surface area contributed by atoms with Crippen LogP contribution >= 0.6 is 27.7 Å². The number of benzene rings is 2. The zero-order chi connectivity index (χ0) is 16.9. The third-order valence-corrected chi connectivity index (χ3v) is 4.55. The van der Waals surface area contributed by atoms with Gasteiger partial charge in [-0.3, -0.25) is 4.79 Å². The third-order valence-electron chi connectivity index (χ3n) is 3.33. The molecule has 0 unspecified atom stereocenters. The van der Waals surface area contributed by atoms with E-state index in [4.69, 9.17) is 0 Å². The van der Waals surface area contributed by atoms with Gasteiger partial charge in [0.25, 0.3) is 0 Å². The number of rotatable bonds is 6. The number of aromatic hydroxyl groups is 1. The molecular formula is C16H13BrN4O2S. The maximum atomic E-state index is 11.1. The number of aldehydes is 1. The van der Waals surface area contributed by atoms with E-state index in [-0.39, 0.29) is 11.3 Å². The average molecular weight is 405 g/mol. The molecule has 0 atom stereocenters. The molecule has 1 heterocycles. The highest BCUT2D eigenvalue weighted by molar-refractivity contribution is 9.10. The van der Waals surface area contributed by atoms with Crippen molar-refractivity contribution < 1.29 is 9.90 Å². The quantitative estimate of drug-likeness (QED) is 0.422. The van der Waals surface area contributed by atoms with E-state index in [9.17, 15) is 9.90 Å². The van der Waals surface area contributed by atoms with Gasteiger partial charge in [-0.1, -0.05) is 30.3 Å². The van der Waals surface area contributed by atoms with Gasteiger partial charge < -0.3 is 15.7 Å². The van der Waals surface area contributed by atoms with Gasteiger partial charge in [-0.15, -0.1) is 0 Å². The van der Waals surface area contributed by atoms with Crippen molar-refractivity contribution in [2.75, 3.05) is 10.6 Å². The van der Waals surface area contributed by atoms with Gasteiger partial charge in [0.15, 0.2) is 23.7 Å². The van der Waals surface area contributed by atoms with Gasteiger partial charge in [0.2, 0.25) is 0 Å². The van der Waals surface area contributed by atoms with Crippen LogP contribution in [0, 0.1) is 0 Å². The molecule has 0 spiro atoms. The van der Waals surface area contributed by atoms with E-state index in [0.29, 0.717) is 34.6 Å². The van der Waals surface area contributed by atoms with Gasteiger partial charge in [0, 0.05) is 11.0 Å². The second-order valence-corrected chi connectivity index (χ2v) is 6.28. The molecule has 6 nitrogen and oxygen atoms in total. The largest absolute Gasteiger partial charge is 0.505 e. The maximum Gasteiger partial charge on any atom is 0.188 e. The molecule has 0 aliphatic rings. The normalized spacial score (nSPS) is 10.4. The molecule has 0 fully saturated rings. The summed E-state index contributed by atoms with van der Waals surface area (Å²) in [6.45, 7) is 0.604. The summed E-state index contributed by atoms with van der Waals surface area (Å²) in [5.74, 6) is 0.936. The first kappa shape index (κ1) is 16.4. The molecule has 3 N–H and O–H groups in total. The van der Waals surface area contributed by atoms with Crippen LogP contribution in [0.15, 0.2) is 46.9 Å². The number of nitrogens with one attached hydrogen (secondary N) is 2. The molecule has 0 aliphatic heterocycles. The molecule has 0 radical (unpaired) electrons. The minimum absolute atomic E-state index is 0.138. The monoisotopic (exact) mass is 404 g/mol. The van der Waals surface area contributed by atoms with Gasteiger partial charge >= 0.3 is 0 Å². The van der Waals surface area contributed by atoms with Gasteiger partial charge in [-0.2, -0.15) is 8.75 Å². The fourth-order valence-corrected chi connectivity index (χ4v) is 2.99. The minimum atomic E-state index is -0.138. The lowest BCUT2D eigenvalue weighted by Gasteiger charge is -2.10. The summed E-state index contributed by atoms with van der Waals surface area (Å²) in [6.07, 6.45) is 0.596. The van der Waals surface area contributed by atoms with Crippen LogP contribution in [0.3, 0.4) is 0 Å². The van der Waals surface area contributed by atoms with Gasteiger partial charge in [-0.05, 0) is 33.6 Å². The minimum Gasteiger partial charge on any atom is -0.505 e. The van der Waals surface area contributed by atoms with Gasteiger partial charge in [0.1, 0.15) is 0 Å². The van der Waals surface area contributed by atoms with Crippen LogP contribution in [0.4, 0.5) is 17.3 Å². The lowest BCUT2D eigenvalue weighted by Crippen LogP contribution is -2.03. The van der Waals surface area contributed by atoms with Crippen LogP contribution in [0.2, 0.25) is 0 Å². The highest BCUT2D eigenvalue weighted by Crippen LogP contribution is 2.35. The number of aromatic nitrogens is 2. The molecule has 0 saturated carbocycles. The zero-order valence-electron chi connectivity index (χ0n) is 12.4. The SMILES string of the molecule is O=Cc1c(Br)ccc(Nc2nsnc2NCc2ccccc2)c1O. The number of hydrogen-bond donors (Lipinski definition) is 3. The van der Waals surface area contributed by atoms with Crippen molar-refractivity contribution in [3.05, 3.63) is 58.1 Å². The smallest absolute Gasteiger partial charge is 0.188 e. The van der Waals surface area contributed by atoms with E-state index >= 15 is 0 Å². The molecule has 24 heavy (non-hydrogen) atoms. The standard InChI is InChI=1S/C16H13BrN4O2S/c17-12-6-7-13(14(23)11(12)9-22)19-16-15(20-24-21-16)18-8-10-4-2-1-3-5-10/h1-7,9,23H,8H2,(H,18,20)(H,19,21). The van der Waals surface area contributed by atoms with Crippen LogP contribution in [0.25, 0.3) is 0 Å². The predicted octanol–water partition coefficient (Wildman–Crippen LogP) is 4.17. The molecule has 0 aliphatic carbocycles. The van der Waals surface area contributed by atoms with E-state index in [1.54, 1.807) is 12.1 Å². The van der Waals surface area contributed by atoms with Gasteiger partial charge in [-0.25, -0.2) is 0 Å². The molecule has 0 saturated heterocycles. The van der Waals surface area contributed by atoms with Crippen LogP contribution in [-0.4, -0.2) is 20.1 Å². The molecule has 122 valence electrons. The number of phenols is 1. The molecule has 0 amide bonds. The van der Waals surface area contributed by atoms with E-state index in [1.807, 2.05) is 30.3 Å². The van der Waals surface area contributed by atoms with Crippen molar-refractivity contribution in [2.45, 2.75) is 6.54 Å². The third kappa shape index (κ3) is 3.55.